The van der Waals surface area contributed by atoms with Gasteiger partial charge in [-0.1, -0.05) is 161 Å². The molecule has 0 unspecified atom stereocenters. The third-order valence-electron chi connectivity index (χ3n) is 7.29. The van der Waals surface area contributed by atoms with Crippen LogP contribution in [0.25, 0.3) is 0 Å². The Morgan fingerprint density at radius 2 is 0.750 bits per heavy atom. The fraction of sp³-hybridized carbons (Fsp3) is 1.00. The van der Waals surface area contributed by atoms with E-state index < -0.39 is 10.1 Å². The van der Waals surface area contributed by atoms with Crippen molar-refractivity contribution >= 4 is 10.1 Å². The Bertz CT molecular complexity index is 510. The number of rotatable bonds is 31. The highest BCUT2D eigenvalue weighted by Gasteiger charge is 2.10. The van der Waals surface area contributed by atoms with Crippen LogP contribution in [0.1, 0.15) is 180 Å². The molecule has 0 radical (unpaired) electrons. The maximum absolute atomic E-state index is 12.0. The van der Waals surface area contributed by atoms with Crippen LogP contribution < -0.4 is 0 Å². The van der Waals surface area contributed by atoms with Crippen molar-refractivity contribution in [3.8, 4) is 0 Å². The normalized spacial score (nSPS) is 11.9. The first-order chi connectivity index (χ1) is 17.6. The van der Waals surface area contributed by atoms with Gasteiger partial charge in [0.2, 0.25) is 0 Å². The molecule has 0 atom stereocenters. The highest BCUT2D eigenvalue weighted by Crippen LogP contribution is 2.15. The summed E-state index contributed by atoms with van der Waals surface area (Å²) in [5.74, 6) is 0.162. The van der Waals surface area contributed by atoms with E-state index in [1.54, 1.807) is 0 Å². The van der Waals surface area contributed by atoms with E-state index in [0.717, 1.165) is 38.5 Å². The van der Waals surface area contributed by atoms with E-state index in [1.807, 2.05) is 0 Å². The lowest BCUT2D eigenvalue weighted by Crippen LogP contribution is -2.11. The zero-order valence-electron chi connectivity index (χ0n) is 24.2. The average molecular weight is 535 g/mol. The molecular weight excluding hydrogens is 471 g/mol. The summed E-state index contributed by atoms with van der Waals surface area (Å²) < 4.78 is 41.2. The van der Waals surface area contributed by atoms with Gasteiger partial charge in [-0.05, 0) is 19.3 Å². The summed E-state index contributed by atoms with van der Waals surface area (Å²) in [6.45, 7) is 2.44. The summed E-state index contributed by atoms with van der Waals surface area (Å²) in [6.07, 6.45) is 32.9. The Balaban J connectivity index is 3.27. The van der Waals surface area contributed by atoms with Crippen LogP contribution in [0.4, 0.5) is 4.39 Å². The fourth-order valence-electron chi connectivity index (χ4n) is 4.86. The standard InChI is InChI=1S/C31H63FO3S/c1-2-3-4-5-6-7-8-9-10-11-12-13-15-18-21-24-27-30-35-36(33,34)31-28-25-22-19-16-14-17-20-23-26-29-32/h2-31H2,1H3. The smallest absolute Gasteiger partial charge is 0.267 e. The Morgan fingerprint density at radius 3 is 1.11 bits per heavy atom. The Morgan fingerprint density at radius 1 is 0.444 bits per heavy atom. The molecule has 36 heavy (non-hydrogen) atoms. The van der Waals surface area contributed by atoms with Crippen molar-refractivity contribution in [2.75, 3.05) is 19.0 Å². The summed E-state index contributed by atoms with van der Waals surface area (Å²) in [5.41, 5.74) is 0. The molecule has 0 rings (SSSR count). The second-order valence-corrected chi connectivity index (χ2v) is 12.7. The first kappa shape index (κ1) is 35.8. The summed E-state index contributed by atoms with van der Waals surface area (Å²) in [6, 6.07) is 0. The summed E-state index contributed by atoms with van der Waals surface area (Å²) in [7, 11) is -3.34. The van der Waals surface area contributed by atoms with Crippen molar-refractivity contribution in [1.82, 2.24) is 0 Å². The highest BCUT2D eigenvalue weighted by atomic mass is 32.2. The van der Waals surface area contributed by atoms with Crippen LogP contribution in [0.2, 0.25) is 0 Å². The molecule has 0 bridgehead atoms. The van der Waals surface area contributed by atoms with Gasteiger partial charge in [0.1, 0.15) is 0 Å². The molecule has 0 amide bonds. The van der Waals surface area contributed by atoms with Crippen molar-refractivity contribution in [1.29, 1.82) is 0 Å². The zero-order chi connectivity index (χ0) is 26.4. The minimum absolute atomic E-state index is 0.162. The topological polar surface area (TPSA) is 43.4 Å². The van der Waals surface area contributed by atoms with Crippen molar-refractivity contribution in [2.45, 2.75) is 180 Å². The predicted octanol–water partition coefficient (Wildman–Crippen LogP) is 10.9. The Kier molecular flexibility index (Phi) is 29.3. The molecule has 0 aromatic heterocycles. The van der Waals surface area contributed by atoms with E-state index >= 15 is 0 Å². The van der Waals surface area contributed by atoms with Gasteiger partial charge in [0, 0.05) is 0 Å². The second-order valence-electron chi connectivity index (χ2n) is 11.0. The van der Waals surface area contributed by atoms with E-state index in [1.165, 1.54) is 122 Å². The van der Waals surface area contributed by atoms with Crippen LogP contribution in [-0.4, -0.2) is 27.5 Å². The summed E-state index contributed by atoms with van der Waals surface area (Å²) in [4.78, 5) is 0. The van der Waals surface area contributed by atoms with Crippen LogP contribution in [0.5, 0.6) is 0 Å². The van der Waals surface area contributed by atoms with E-state index in [9.17, 15) is 12.8 Å². The van der Waals surface area contributed by atoms with Gasteiger partial charge in [-0.2, -0.15) is 8.42 Å². The van der Waals surface area contributed by atoms with Gasteiger partial charge in [-0.25, -0.2) is 0 Å². The first-order valence-electron chi connectivity index (χ1n) is 16.1. The molecule has 0 aliphatic carbocycles. The van der Waals surface area contributed by atoms with E-state index in [0.29, 0.717) is 19.4 Å². The molecule has 3 nitrogen and oxygen atoms in total. The molecule has 0 aliphatic rings. The zero-order valence-corrected chi connectivity index (χ0v) is 25.0. The van der Waals surface area contributed by atoms with Gasteiger partial charge >= 0.3 is 0 Å². The van der Waals surface area contributed by atoms with Gasteiger partial charge in [0.15, 0.2) is 0 Å². The van der Waals surface area contributed by atoms with Gasteiger partial charge in [0.25, 0.3) is 10.1 Å². The quantitative estimate of drug-likeness (QED) is 0.0656. The van der Waals surface area contributed by atoms with Crippen LogP contribution in [0.3, 0.4) is 0 Å². The van der Waals surface area contributed by atoms with Crippen LogP contribution in [-0.2, 0) is 14.3 Å². The molecular formula is C31H63FO3S. The summed E-state index contributed by atoms with van der Waals surface area (Å²) in [5, 5.41) is 0. The van der Waals surface area contributed by atoms with Crippen molar-refractivity contribution < 1.29 is 17.0 Å². The maximum Gasteiger partial charge on any atom is 0.267 e. The number of hydrogen-bond acceptors (Lipinski definition) is 3. The molecule has 218 valence electrons. The lowest BCUT2D eigenvalue weighted by atomic mass is 10.0. The van der Waals surface area contributed by atoms with Crippen LogP contribution in [0.15, 0.2) is 0 Å². The maximum atomic E-state index is 12.0. The molecule has 0 aliphatic heterocycles. The molecule has 0 spiro atoms. The second kappa shape index (κ2) is 29.4. The van der Waals surface area contributed by atoms with Crippen LogP contribution in [0, 0.1) is 0 Å². The number of halogens is 1. The first-order valence-corrected chi connectivity index (χ1v) is 17.6. The van der Waals surface area contributed by atoms with Gasteiger partial charge in [-0.3, -0.25) is 8.57 Å². The minimum Gasteiger partial charge on any atom is -0.270 e. The number of unbranched alkanes of at least 4 members (excludes halogenated alkanes) is 25. The molecule has 5 heteroatoms. The van der Waals surface area contributed by atoms with Crippen molar-refractivity contribution in [3.05, 3.63) is 0 Å². The van der Waals surface area contributed by atoms with E-state index in [-0.39, 0.29) is 12.4 Å². The summed E-state index contributed by atoms with van der Waals surface area (Å²) >= 11 is 0. The number of hydrogen-bond donors (Lipinski definition) is 0. The van der Waals surface area contributed by atoms with Crippen molar-refractivity contribution in [3.63, 3.8) is 0 Å². The van der Waals surface area contributed by atoms with E-state index in [4.69, 9.17) is 4.18 Å². The molecule has 0 heterocycles. The Hall–Kier alpha value is -0.160. The molecule has 0 aromatic rings. The van der Waals surface area contributed by atoms with Crippen molar-refractivity contribution in [2.24, 2.45) is 0 Å². The SMILES string of the molecule is CCCCCCCCCCCCCCCCCCCOS(=O)(=O)CCCCCCCCCCCCF. The molecule has 0 aromatic carbocycles. The lowest BCUT2D eigenvalue weighted by molar-refractivity contribution is 0.305. The third-order valence-corrected chi connectivity index (χ3v) is 8.60. The molecule has 0 saturated heterocycles. The fourth-order valence-corrected chi connectivity index (χ4v) is 5.91. The average Bonchev–Trinajstić information content (AvgIpc) is 2.86. The highest BCUT2D eigenvalue weighted by molar-refractivity contribution is 7.86. The minimum atomic E-state index is -3.34. The van der Waals surface area contributed by atoms with Gasteiger partial charge < -0.3 is 0 Å². The van der Waals surface area contributed by atoms with Gasteiger partial charge in [-0.15, -0.1) is 0 Å². The number of alkyl halides is 1. The Labute approximate surface area is 226 Å². The largest absolute Gasteiger partial charge is 0.270 e. The van der Waals surface area contributed by atoms with Gasteiger partial charge in [0.05, 0.1) is 19.0 Å². The lowest BCUT2D eigenvalue weighted by Gasteiger charge is -2.06. The molecule has 0 N–H and O–H groups in total. The van der Waals surface area contributed by atoms with E-state index in [2.05, 4.69) is 6.92 Å². The van der Waals surface area contributed by atoms with Crippen LogP contribution >= 0.6 is 0 Å². The predicted molar refractivity (Wildman–Crippen MR) is 156 cm³/mol. The monoisotopic (exact) mass is 534 g/mol. The molecule has 0 fully saturated rings. The third kappa shape index (κ3) is 30.1. The molecule has 0 saturated carbocycles.